The maximum atomic E-state index is 13.4. The quantitative estimate of drug-likeness (QED) is 0.597. The van der Waals surface area contributed by atoms with Crippen LogP contribution in [0.3, 0.4) is 0 Å². The molecule has 3 heterocycles. The number of benzene rings is 1. The molecular formula is C24H31N5O2. The molecular weight excluding hydrogens is 390 g/mol. The molecule has 3 aromatic rings. The number of carbonyl (C=O) groups excluding carboxylic acids is 1. The zero-order chi connectivity index (χ0) is 21.8. The molecule has 0 saturated carbocycles. The first-order chi connectivity index (χ1) is 15.1. The molecule has 1 atom stereocenters. The SMILES string of the molecule is CCC(NC(=O)c1cnc2c(cnn2CC)c1NC1CCOCC1)c1ccccc1C. The number of anilines is 1. The molecule has 0 radical (unpaired) electrons. The summed E-state index contributed by atoms with van der Waals surface area (Å²) in [7, 11) is 0. The van der Waals surface area contributed by atoms with Crippen LogP contribution in [0.25, 0.3) is 11.0 Å². The van der Waals surface area contributed by atoms with Crippen molar-refractivity contribution in [3.8, 4) is 0 Å². The average molecular weight is 422 g/mol. The van der Waals surface area contributed by atoms with Crippen molar-refractivity contribution in [1.29, 1.82) is 0 Å². The van der Waals surface area contributed by atoms with Gasteiger partial charge in [0.2, 0.25) is 0 Å². The van der Waals surface area contributed by atoms with E-state index >= 15 is 0 Å². The molecule has 1 unspecified atom stereocenters. The average Bonchev–Trinajstić information content (AvgIpc) is 3.22. The molecule has 4 rings (SSSR count). The van der Waals surface area contributed by atoms with Crippen LogP contribution >= 0.6 is 0 Å². The molecule has 7 nitrogen and oxygen atoms in total. The Labute approximate surface area is 183 Å². The van der Waals surface area contributed by atoms with Crippen LogP contribution in [-0.4, -0.2) is 39.9 Å². The van der Waals surface area contributed by atoms with Crippen LogP contribution < -0.4 is 10.6 Å². The van der Waals surface area contributed by atoms with E-state index in [2.05, 4.69) is 46.7 Å². The van der Waals surface area contributed by atoms with E-state index in [1.54, 1.807) is 6.20 Å². The molecule has 1 aliphatic heterocycles. The number of pyridine rings is 1. The van der Waals surface area contributed by atoms with Crippen LogP contribution in [-0.2, 0) is 11.3 Å². The third-order valence-corrected chi connectivity index (χ3v) is 6.06. The molecule has 2 N–H and O–H groups in total. The number of rotatable bonds is 7. The molecule has 31 heavy (non-hydrogen) atoms. The Morgan fingerprint density at radius 2 is 2.00 bits per heavy atom. The lowest BCUT2D eigenvalue weighted by Crippen LogP contribution is -2.32. The van der Waals surface area contributed by atoms with Gasteiger partial charge in [0.15, 0.2) is 5.65 Å². The van der Waals surface area contributed by atoms with Crippen LogP contribution in [0.2, 0.25) is 0 Å². The highest BCUT2D eigenvalue weighted by Gasteiger charge is 2.24. The lowest BCUT2D eigenvalue weighted by Gasteiger charge is -2.26. The summed E-state index contributed by atoms with van der Waals surface area (Å²) in [5, 5.41) is 12.2. The fraction of sp³-hybridized carbons (Fsp3) is 0.458. The summed E-state index contributed by atoms with van der Waals surface area (Å²) in [4.78, 5) is 18.0. The van der Waals surface area contributed by atoms with Gasteiger partial charge in [-0.25, -0.2) is 9.67 Å². The number of aromatic nitrogens is 3. The van der Waals surface area contributed by atoms with Crippen molar-refractivity contribution < 1.29 is 9.53 Å². The number of ether oxygens (including phenoxy) is 1. The summed E-state index contributed by atoms with van der Waals surface area (Å²) in [5.74, 6) is -0.122. The number of amides is 1. The van der Waals surface area contributed by atoms with E-state index in [1.165, 1.54) is 5.56 Å². The van der Waals surface area contributed by atoms with Crippen molar-refractivity contribution in [2.75, 3.05) is 18.5 Å². The van der Waals surface area contributed by atoms with E-state index in [1.807, 2.05) is 29.9 Å². The number of hydrogen-bond donors (Lipinski definition) is 2. The van der Waals surface area contributed by atoms with Gasteiger partial charge >= 0.3 is 0 Å². The van der Waals surface area contributed by atoms with Gasteiger partial charge in [-0.2, -0.15) is 5.10 Å². The van der Waals surface area contributed by atoms with Gasteiger partial charge in [-0.3, -0.25) is 4.79 Å². The second-order valence-electron chi connectivity index (χ2n) is 8.07. The van der Waals surface area contributed by atoms with E-state index < -0.39 is 0 Å². The van der Waals surface area contributed by atoms with Crippen LogP contribution in [0, 0.1) is 6.92 Å². The Bertz CT molecular complexity index is 1060. The normalized spacial score (nSPS) is 15.7. The van der Waals surface area contributed by atoms with E-state index in [4.69, 9.17) is 4.74 Å². The maximum Gasteiger partial charge on any atom is 0.255 e. The molecule has 0 bridgehead atoms. The number of nitrogens with zero attached hydrogens (tertiary/aromatic N) is 3. The van der Waals surface area contributed by atoms with Crippen LogP contribution in [0.4, 0.5) is 5.69 Å². The third kappa shape index (κ3) is 4.42. The highest BCUT2D eigenvalue weighted by atomic mass is 16.5. The first kappa shape index (κ1) is 21.3. The van der Waals surface area contributed by atoms with Crippen molar-refractivity contribution >= 4 is 22.6 Å². The zero-order valence-corrected chi connectivity index (χ0v) is 18.5. The molecule has 1 amide bonds. The molecule has 1 aromatic carbocycles. The molecule has 7 heteroatoms. The highest BCUT2D eigenvalue weighted by molar-refractivity contribution is 6.06. The number of fused-ring (bicyclic) bond motifs is 1. The Morgan fingerprint density at radius 3 is 2.71 bits per heavy atom. The molecule has 0 aliphatic carbocycles. The molecule has 2 aromatic heterocycles. The van der Waals surface area contributed by atoms with Gasteiger partial charge < -0.3 is 15.4 Å². The zero-order valence-electron chi connectivity index (χ0n) is 18.5. The fourth-order valence-electron chi connectivity index (χ4n) is 4.25. The standard InChI is InChI=1S/C24H31N5O2/c1-4-21(18-9-7-6-8-16(18)3)28-24(30)20-14-25-23-19(15-26-29(23)5-2)22(20)27-17-10-12-31-13-11-17/h6-9,14-15,17,21H,4-5,10-13H2,1-3H3,(H,25,27)(H,28,30). The van der Waals surface area contributed by atoms with Crippen LogP contribution in [0.5, 0.6) is 0 Å². The number of aryl methyl sites for hydroxylation is 2. The molecule has 164 valence electrons. The fourth-order valence-corrected chi connectivity index (χ4v) is 4.25. The van der Waals surface area contributed by atoms with Crippen LogP contribution in [0.1, 0.15) is 60.6 Å². The van der Waals surface area contributed by atoms with Gasteiger partial charge in [-0.05, 0) is 44.2 Å². The smallest absolute Gasteiger partial charge is 0.255 e. The van der Waals surface area contributed by atoms with Gasteiger partial charge in [0.25, 0.3) is 5.91 Å². The predicted octanol–water partition coefficient (Wildman–Crippen LogP) is 4.23. The third-order valence-electron chi connectivity index (χ3n) is 6.06. The van der Waals surface area contributed by atoms with Gasteiger partial charge in [-0.1, -0.05) is 31.2 Å². The molecule has 0 spiro atoms. The molecule has 1 aliphatic rings. The van der Waals surface area contributed by atoms with Crippen molar-refractivity contribution in [3.63, 3.8) is 0 Å². The molecule has 1 saturated heterocycles. The lowest BCUT2D eigenvalue weighted by molar-refractivity contribution is 0.0903. The Kier molecular flexibility index (Phi) is 6.51. The summed E-state index contributed by atoms with van der Waals surface area (Å²) in [6, 6.07) is 8.40. The van der Waals surface area contributed by atoms with Crippen molar-refractivity contribution in [2.24, 2.45) is 0 Å². The second-order valence-corrected chi connectivity index (χ2v) is 8.07. The molecule has 1 fully saturated rings. The Hall–Kier alpha value is -2.93. The topological polar surface area (TPSA) is 81.1 Å². The second kappa shape index (κ2) is 9.47. The van der Waals surface area contributed by atoms with E-state index in [0.717, 1.165) is 61.3 Å². The summed E-state index contributed by atoms with van der Waals surface area (Å²) in [6.45, 7) is 8.39. The Balaban J connectivity index is 1.68. The summed E-state index contributed by atoms with van der Waals surface area (Å²) >= 11 is 0. The van der Waals surface area contributed by atoms with Gasteiger partial charge in [0.05, 0.1) is 28.9 Å². The minimum atomic E-state index is -0.122. The highest BCUT2D eigenvalue weighted by Crippen LogP contribution is 2.29. The van der Waals surface area contributed by atoms with Crippen molar-refractivity contribution in [1.82, 2.24) is 20.1 Å². The summed E-state index contributed by atoms with van der Waals surface area (Å²) in [5.41, 5.74) is 4.48. The summed E-state index contributed by atoms with van der Waals surface area (Å²) in [6.07, 6.45) is 6.12. The number of carbonyl (C=O) groups is 1. The van der Waals surface area contributed by atoms with Gasteiger partial charge in [-0.15, -0.1) is 0 Å². The lowest BCUT2D eigenvalue weighted by atomic mass is 9.99. The van der Waals surface area contributed by atoms with Crippen molar-refractivity contribution in [2.45, 2.75) is 58.7 Å². The van der Waals surface area contributed by atoms with E-state index in [9.17, 15) is 4.79 Å². The minimum absolute atomic E-state index is 0.0568. The predicted molar refractivity (Wildman–Crippen MR) is 122 cm³/mol. The monoisotopic (exact) mass is 421 g/mol. The summed E-state index contributed by atoms with van der Waals surface area (Å²) < 4.78 is 7.36. The maximum absolute atomic E-state index is 13.4. The van der Waals surface area contributed by atoms with E-state index in [0.29, 0.717) is 5.56 Å². The van der Waals surface area contributed by atoms with Gasteiger partial charge in [0, 0.05) is 32.0 Å². The van der Waals surface area contributed by atoms with Gasteiger partial charge in [0.1, 0.15) is 0 Å². The van der Waals surface area contributed by atoms with Crippen LogP contribution in [0.15, 0.2) is 36.7 Å². The Morgan fingerprint density at radius 1 is 1.23 bits per heavy atom. The number of hydrogen-bond acceptors (Lipinski definition) is 5. The minimum Gasteiger partial charge on any atom is -0.381 e. The van der Waals surface area contributed by atoms with E-state index in [-0.39, 0.29) is 18.0 Å². The van der Waals surface area contributed by atoms with Crippen molar-refractivity contribution in [3.05, 3.63) is 53.3 Å². The first-order valence-corrected chi connectivity index (χ1v) is 11.2. The first-order valence-electron chi connectivity index (χ1n) is 11.2. The largest absolute Gasteiger partial charge is 0.381 e. The number of nitrogens with one attached hydrogen (secondary N) is 2.